The van der Waals surface area contributed by atoms with Gasteiger partial charge in [0.1, 0.15) is 12.0 Å². The number of H-pyrrole nitrogens is 3. The number of ether oxygens (including phenoxy) is 1. The Morgan fingerprint density at radius 1 is 1.03 bits per heavy atom. The number of nitrogens with one attached hydrogen (secondary N) is 5. The predicted molar refractivity (Wildman–Crippen MR) is 243 cm³/mol. The lowest BCUT2D eigenvalue weighted by Crippen LogP contribution is -2.41. The molecule has 0 saturated heterocycles. The summed E-state index contributed by atoms with van der Waals surface area (Å²) >= 11 is 0. The fourth-order valence-corrected chi connectivity index (χ4v) is 9.87. The number of fused-ring (bicyclic) bond motifs is 5. The Bertz CT molecular complexity index is 2710. The summed E-state index contributed by atoms with van der Waals surface area (Å²) in [5.41, 5.74) is 6.28. The van der Waals surface area contributed by atoms with Crippen LogP contribution in [-0.2, 0) is 25.5 Å². The predicted octanol–water partition coefficient (Wildman–Crippen LogP) is 4.64. The molecule has 6 N–H and O–H groups in total. The molecule has 3 aliphatic heterocycles. The van der Waals surface area contributed by atoms with Crippen molar-refractivity contribution < 1.29 is 38.6 Å². The minimum Gasteiger partial charge on any atom is -0.480 e. The highest BCUT2D eigenvalue weighted by Gasteiger charge is 2.49. The summed E-state index contributed by atoms with van der Waals surface area (Å²) in [7, 11) is 1.25. The van der Waals surface area contributed by atoms with Crippen LogP contribution < -0.4 is 21.3 Å². The van der Waals surface area contributed by atoms with Crippen LogP contribution in [0.4, 0.5) is 5.82 Å². The first-order valence-corrected chi connectivity index (χ1v) is 22.4. The summed E-state index contributed by atoms with van der Waals surface area (Å²) in [6.07, 6.45) is 7.19. The molecule has 0 fully saturated rings. The van der Waals surface area contributed by atoms with Gasteiger partial charge in [-0.25, -0.2) is 9.78 Å². The molecule has 7 rings (SSSR count). The highest BCUT2D eigenvalue weighted by Crippen LogP contribution is 2.48. The Morgan fingerprint density at radius 2 is 1.77 bits per heavy atom. The number of esters is 1. The van der Waals surface area contributed by atoms with Crippen LogP contribution >= 0.6 is 0 Å². The van der Waals surface area contributed by atoms with E-state index in [-0.39, 0.29) is 84.6 Å². The third-order valence-corrected chi connectivity index (χ3v) is 13.4. The molecule has 344 valence electrons. The fourth-order valence-electron chi connectivity index (χ4n) is 9.87. The minimum absolute atomic E-state index is 0.0235. The van der Waals surface area contributed by atoms with Crippen molar-refractivity contribution in [2.75, 3.05) is 13.7 Å². The van der Waals surface area contributed by atoms with E-state index >= 15 is 0 Å². The summed E-state index contributed by atoms with van der Waals surface area (Å²) in [5, 5.41) is 24.6. The van der Waals surface area contributed by atoms with Gasteiger partial charge in [0.2, 0.25) is 5.91 Å². The maximum Gasteiger partial charge on any atom is 0.326 e. The molecule has 7 atom stereocenters. The highest BCUT2D eigenvalue weighted by atomic mass is 16.5. The maximum atomic E-state index is 14.4. The summed E-state index contributed by atoms with van der Waals surface area (Å²) in [4.78, 5) is 104. The zero-order valence-corrected chi connectivity index (χ0v) is 38.3. The molecule has 3 unspecified atom stereocenters. The number of carboxylic acid groups (broad SMARTS) is 1. The molecule has 2 amide bonds. The van der Waals surface area contributed by atoms with Crippen molar-refractivity contribution in [3.05, 3.63) is 62.1 Å². The second-order valence-corrected chi connectivity index (χ2v) is 17.8. The van der Waals surface area contributed by atoms with Gasteiger partial charge in [-0.05, 0) is 83.1 Å². The number of carboxylic acids is 1. The fraction of sp³-hybridized carbons (Fsp3) is 0.511. The van der Waals surface area contributed by atoms with Gasteiger partial charge in [0, 0.05) is 76.3 Å². The number of azo groups is 1. The number of hydrogen-bond donors (Lipinski definition) is 6. The van der Waals surface area contributed by atoms with Crippen molar-refractivity contribution in [3.63, 3.8) is 0 Å². The molecule has 1 aliphatic carbocycles. The van der Waals surface area contributed by atoms with Crippen LogP contribution in [0.15, 0.2) is 32.2 Å². The van der Waals surface area contributed by atoms with Crippen molar-refractivity contribution in [1.82, 2.24) is 30.6 Å². The Morgan fingerprint density at radius 3 is 2.45 bits per heavy atom. The average Bonchev–Trinajstić information content (AvgIpc) is 4.09. The lowest BCUT2D eigenvalue weighted by Gasteiger charge is -2.21. The molecular weight excluding hydrogens is 833 g/mol. The Balaban J connectivity index is 1.18. The van der Waals surface area contributed by atoms with E-state index in [1.54, 1.807) is 6.92 Å². The number of imidazole rings is 1. The third kappa shape index (κ3) is 8.94. The second kappa shape index (κ2) is 18.9. The second-order valence-electron chi connectivity index (χ2n) is 17.8. The number of Topliss-reactive ketones (excluding diaryl/α,β-unsaturated/α-hetero) is 2. The van der Waals surface area contributed by atoms with Crippen molar-refractivity contribution in [3.8, 4) is 0 Å². The Labute approximate surface area is 376 Å². The lowest BCUT2D eigenvalue weighted by molar-refractivity contribution is -0.142. The topological polar surface area (TPSA) is 266 Å². The SMILES string of the molecule is CC[C@@H]1C2Cc3[nH]c4c(c3C)C(=O)C(C(=O)OC)/C4=C3N=C(/C=c4\[nH]/c(c(C(C)=O)c4C)=C\C(=N2)[C@H]1C)[C@H](C)[C@H]/3CCC(=O)NCCCC(NC(=O)c1nc[nH]c1/N=N/C(C)C)C(=O)O. The van der Waals surface area contributed by atoms with Crippen LogP contribution in [0, 0.1) is 43.4 Å². The summed E-state index contributed by atoms with van der Waals surface area (Å²) in [5.74, 6) is -4.98. The molecule has 0 spiro atoms. The van der Waals surface area contributed by atoms with E-state index in [2.05, 4.69) is 54.6 Å². The number of aromatic nitrogens is 4. The molecule has 6 heterocycles. The van der Waals surface area contributed by atoms with E-state index in [1.165, 1.54) is 13.4 Å². The van der Waals surface area contributed by atoms with E-state index in [4.69, 9.17) is 14.7 Å². The molecule has 4 aliphatic rings. The monoisotopic (exact) mass is 890 g/mol. The first-order chi connectivity index (χ1) is 30.9. The van der Waals surface area contributed by atoms with E-state index in [0.29, 0.717) is 57.3 Å². The van der Waals surface area contributed by atoms with Gasteiger partial charge in [0.05, 0.1) is 42.3 Å². The number of allylic oxidation sites excluding steroid dienone is 1. The molecular formula is C47H58N10O8. The number of methoxy groups -OCH3 is 1. The normalized spacial score (nSPS) is 24.9. The van der Waals surface area contributed by atoms with Crippen LogP contribution in [0.2, 0.25) is 0 Å². The summed E-state index contributed by atoms with van der Waals surface area (Å²) in [6, 6.07) is -1.49. The number of aromatic amines is 3. The smallest absolute Gasteiger partial charge is 0.326 e. The van der Waals surface area contributed by atoms with E-state index in [0.717, 1.165) is 29.0 Å². The number of aliphatic carboxylic acids is 1. The van der Waals surface area contributed by atoms with Gasteiger partial charge in [0.25, 0.3) is 5.91 Å². The van der Waals surface area contributed by atoms with Crippen molar-refractivity contribution in [1.29, 1.82) is 0 Å². The van der Waals surface area contributed by atoms with Gasteiger partial charge >= 0.3 is 11.9 Å². The van der Waals surface area contributed by atoms with E-state index in [9.17, 15) is 33.9 Å². The maximum absolute atomic E-state index is 14.4. The standard InChI is InChI=1S/C47H58N10O8/c1-10-26-21(4)29-18-34-36(25(8)58)23(6)31(52-34)16-30-22(5)27(40(53-30)38-39(47(64)65-9)43(60)37-24(7)32(54-41(37)38)17-33(26)51-29)13-14-35(59)48-15-11-12-28(46(62)63)55-45(61)42-44(50-19-49-42)57-56-20(2)3/h16,18-22,26-28,33,39,52,54H,10-15,17H2,1-9H3,(H,48,59)(H,49,50)(H,55,61)(H,62,63)/b31-16-,34-18-,40-38-,57-56+/t21-,22+,26-,27+,28?,33?,39?/m0/s1. The molecule has 0 radical (unpaired) electrons. The quantitative estimate of drug-likeness (QED) is 0.0407. The van der Waals surface area contributed by atoms with Crippen LogP contribution in [-0.4, -0.2) is 104 Å². The number of nitrogens with zero attached hydrogens (tertiary/aromatic N) is 5. The van der Waals surface area contributed by atoms with Crippen LogP contribution in [0.25, 0.3) is 17.7 Å². The van der Waals surface area contributed by atoms with Crippen molar-refractivity contribution >= 4 is 70.3 Å². The first-order valence-electron chi connectivity index (χ1n) is 22.4. The molecule has 0 saturated carbocycles. The van der Waals surface area contributed by atoms with Crippen LogP contribution in [0.1, 0.15) is 127 Å². The molecule has 65 heavy (non-hydrogen) atoms. The van der Waals surface area contributed by atoms with Crippen LogP contribution in [0.5, 0.6) is 0 Å². The number of carbonyl (C=O) groups excluding carboxylic acids is 5. The van der Waals surface area contributed by atoms with Crippen LogP contribution in [0.3, 0.4) is 0 Å². The van der Waals surface area contributed by atoms with E-state index < -0.39 is 35.7 Å². The first kappa shape index (κ1) is 46.4. The average molecular weight is 891 g/mol. The molecule has 18 nitrogen and oxygen atoms in total. The number of carbonyl (C=O) groups is 6. The number of amides is 2. The number of rotatable bonds is 15. The van der Waals surface area contributed by atoms with Crippen molar-refractivity contribution in [2.24, 2.45) is 49.8 Å². The van der Waals surface area contributed by atoms with Gasteiger partial charge in [-0.15, -0.1) is 5.11 Å². The van der Waals surface area contributed by atoms with E-state index in [1.807, 2.05) is 46.8 Å². The number of hydrogen-bond acceptors (Lipinski definition) is 12. The zero-order valence-electron chi connectivity index (χ0n) is 38.3. The van der Waals surface area contributed by atoms with Gasteiger partial charge in [-0.1, -0.05) is 27.2 Å². The molecule has 18 heteroatoms. The molecule has 0 aromatic carbocycles. The summed E-state index contributed by atoms with van der Waals surface area (Å²) < 4.78 is 5.25. The Kier molecular flexibility index (Phi) is 13.5. The van der Waals surface area contributed by atoms with Gasteiger partial charge in [0.15, 0.2) is 23.1 Å². The van der Waals surface area contributed by atoms with Crippen molar-refractivity contribution in [2.45, 2.75) is 112 Å². The largest absolute Gasteiger partial charge is 0.480 e. The molecule has 8 bridgehead atoms. The Hall–Kier alpha value is -6.59. The van der Waals surface area contributed by atoms with Gasteiger partial charge in [-0.3, -0.25) is 34.0 Å². The lowest BCUT2D eigenvalue weighted by atomic mass is 9.83. The summed E-state index contributed by atoms with van der Waals surface area (Å²) in [6.45, 7) is 15.4. The van der Waals surface area contributed by atoms with Gasteiger partial charge in [-0.2, -0.15) is 5.11 Å². The molecule has 3 aromatic heterocycles. The number of aliphatic imine (C=N–C) groups is 2. The van der Waals surface area contributed by atoms with Gasteiger partial charge < -0.3 is 35.4 Å². The molecule has 3 aromatic rings. The minimum atomic E-state index is -1.27. The highest BCUT2D eigenvalue weighted by molar-refractivity contribution is 6.25. The number of ketones is 2. The third-order valence-electron chi connectivity index (χ3n) is 13.4. The zero-order chi connectivity index (χ0) is 47.0.